The Morgan fingerprint density at radius 3 is 2.43 bits per heavy atom. The summed E-state index contributed by atoms with van der Waals surface area (Å²) in [6.45, 7) is 4.76. The second kappa shape index (κ2) is 8.86. The van der Waals surface area contributed by atoms with Crippen LogP contribution in [-0.2, 0) is 35.5 Å². The van der Waals surface area contributed by atoms with E-state index in [-0.39, 0.29) is 23.3 Å². The lowest BCUT2D eigenvalue weighted by atomic mass is 9.93. The summed E-state index contributed by atoms with van der Waals surface area (Å²) in [6.07, 6.45) is 4.94. The third-order valence-corrected chi connectivity index (χ3v) is 6.40. The van der Waals surface area contributed by atoms with Gasteiger partial charge in [0.25, 0.3) is 5.56 Å². The number of fused-ring (bicyclic) bond motifs is 1. The van der Waals surface area contributed by atoms with Crippen LogP contribution in [0.15, 0.2) is 47.4 Å². The molecule has 1 aromatic carbocycles. The van der Waals surface area contributed by atoms with Gasteiger partial charge in [0.15, 0.2) is 0 Å². The molecular formula is C24H29N3O3. The van der Waals surface area contributed by atoms with Crippen LogP contribution in [0.25, 0.3) is 0 Å². The fourth-order valence-corrected chi connectivity index (χ4v) is 4.53. The van der Waals surface area contributed by atoms with E-state index in [9.17, 15) is 14.4 Å². The van der Waals surface area contributed by atoms with Crippen molar-refractivity contribution >= 4 is 11.8 Å². The highest BCUT2D eigenvalue weighted by Gasteiger charge is 2.31. The zero-order chi connectivity index (χ0) is 21.1. The van der Waals surface area contributed by atoms with E-state index in [0.29, 0.717) is 32.7 Å². The molecule has 0 spiro atoms. The van der Waals surface area contributed by atoms with Crippen molar-refractivity contribution in [2.75, 3.05) is 19.6 Å². The molecule has 0 atom stereocenters. The van der Waals surface area contributed by atoms with Crippen LogP contribution in [0.3, 0.4) is 0 Å². The van der Waals surface area contributed by atoms with Gasteiger partial charge in [-0.15, -0.1) is 0 Å². The first-order chi connectivity index (χ1) is 14.5. The van der Waals surface area contributed by atoms with Crippen molar-refractivity contribution in [2.24, 2.45) is 5.92 Å². The number of hydrogen-bond donors (Lipinski definition) is 0. The normalized spacial score (nSPS) is 17.0. The predicted molar refractivity (Wildman–Crippen MR) is 115 cm³/mol. The summed E-state index contributed by atoms with van der Waals surface area (Å²) in [5.41, 5.74) is 3.37. The average Bonchev–Trinajstić information content (AvgIpc) is 2.77. The van der Waals surface area contributed by atoms with Crippen molar-refractivity contribution in [3.8, 4) is 0 Å². The molecule has 2 aliphatic heterocycles. The number of carbonyl (C=O) groups excluding carboxylic acids is 2. The van der Waals surface area contributed by atoms with Gasteiger partial charge in [-0.2, -0.15) is 0 Å². The van der Waals surface area contributed by atoms with Gasteiger partial charge in [0.1, 0.15) is 0 Å². The van der Waals surface area contributed by atoms with Crippen molar-refractivity contribution in [3.05, 3.63) is 69.6 Å². The SMILES string of the molecule is CC(=O)N1CCC(C(=O)N2CCc3cc(=O)n(CCc4ccccc4)cc3C2)CC1. The maximum atomic E-state index is 13.1. The van der Waals surface area contributed by atoms with Crippen LogP contribution in [0.1, 0.15) is 36.5 Å². The lowest BCUT2D eigenvalue weighted by molar-refractivity contribution is -0.140. The molecule has 2 amide bonds. The van der Waals surface area contributed by atoms with Crippen molar-refractivity contribution < 1.29 is 9.59 Å². The quantitative estimate of drug-likeness (QED) is 0.781. The molecule has 1 aromatic heterocycles. The zero-order valence-corrected chi connectivity index (χ0v) is 17.5. The van der Waals surface area contributed by atoms with E-state index >= 15 is 0 Å². The Labute approximate surface area is 177 Å². The van der Waals surface area contributed by atoms with Crippen LogP contribution in [0.4, 0.5) is 0 Å². The van der Waals surface area contributed by atoms with Gasteiger partial charge in [-0.05, 0) is 42.4 Å². The van der Waals surface area contributed by atoms with E-state index in [0.717, 1.165) is 36.8 Å². The number of pyridine rings is 1. The molecule has 1 saturated heterocycles. The molecule has 0 radical (unpaired) electrons. The number of benzene rings is 1. The minimum atomic E-state index is -0.00821. The molecule has 0 aliphatic carbocycles. The Balaban J connectivity index is 1.42. The molecule has 6 nitrogen and oxygen atoms in total. The summed E-state index contributed by atoms with van der Waals surface area (Å²) < 4.78 is 1.77. The predicted octanol–water partition coefficient (Wildman–Crippen LogP) is 2.23. The molecule has 0 unspecified atom stereocenters. The third kappa shape index (κ3) is 4.48. The summed E-state index contributed by atoms with van der Waals surface area (Å²) in [4.78, 5) is 40.8. The minimum absolute atomic E-state index is 0.00821. The van der Waals surface area contributed by atoms with Gasteiger partial charge in [-0.3, -0.25) is 14.4 Å². The highest BCUT2D eigenvalue weighted by molar-refractivity contribution is 5.80. The summed E-state index contributed by atoms with van der Waals surface area (Å²) in [5.74, 6) is 0.262. The van der Waals surface area contributed by atoms with Crippen molar-refractivity contribution in [1.29, 1.82) is 0 Å². The van der Waals surface area contributed by atoms with E-state index in [1.165, 1.54) is 5.56 Å². The molecule has 6 heteroatoms. The topological polar surface area (TPSA) is 62.6 Å². The van der Waals surface area contributed by atoms with Gasteiger partial charge in [0.2, 0.25) is 11.8 Å². The third-order valence-electron chi connectivity index (χ3n) is 6.40. The minimum Gasteiger partial charge on any atom is -0.343 e. The van der Waals surface area contributed by atoms with Crippen molar-refractivity contribution in [1.82, 2.24) is 14.4 Å². The maximum Gasteiger partial charge on any atom is 0.250 e. The van der Waals surface area contributed by atoms with Crippen LogP contribution in [0.5, 0.6) is 0 Å². The molecule has 1 fully saturated rings. The number of likely N-dealkylation sites (tertiary alicyclic amines) is 1. The van der Waals surface area contributed by atoms with Crippen LogP contribution in [0.2, 0.25) is 0 Å². The second-order valence-electron chi connectivity index (χ2n) is 8.38. The Kier molecular flexibility index (Phi) is 6.02. The number of amides is 2. The number of aryl methyl sites for hydroxylation is 2. The van der Waals surface area contributed by atoms with E-state index in [4.69, 9.17) is 0 Å². The summed E-state index contributed by atoms with van der Waals surface area (Å²) in [6, 6.07) is 11.9. The summed E-state index contributed by atoms with van der Waals surface area (Å²) in [7, 11) is 0. The standard InChI is InChI=1S/C24H29N3O3/c1-18(28)25-12-8-20(9-13-25)24(30)27-14-10-21-15-23(29)26(16-22(21)17-27)11-7-19-5-3-2-4-6-19/h2-6,15-16,20H,7-14,17H2,1H3. The smallest absolute Gasteiger partial charge is 0.250 e. The van der Waals surface area contributed by atoms with Gasteiger partial charge >= 0.3 is 0 Å². The van der Waals surface area contributed by atoms with Crippen LogP contribution in [0, 0.1) is 5.92 Å². The van der Waals surface area contributed by atoms with Crippen molar-refractivity contribution in [2.45, 2.75) is 45.7 Å². The van der Waals surface area contributed by atoms with Gasteiger partial charge in [0.05, 0.1) is 0 Å². The number of hydrogen-bond acceptors (Lipinski definition) is 3. The summed E-state index contributed by atoms with van der Waals surface area (Å²) >= 11 is 0. The maximum absolute atomic E-state index is 13.1. The molecule has 0 saturated carbocycles. The Hall–Kier alpha value is -2.89. The number of nitrogens with zero attached hydrogens (tertiary/aromatic N) is 3. The van der Waals surface area contributed by atoms with Gasteiger partial charge in [0, 0.05) is 57.8 Å². The Morgan fingerprint density at radius 2 is 1.73 bits per heavy atom. The lowest BCUT2D eigenvalue weighted by Crippen LogP contribution is -2.45. The monoisotopic (exact) mass is 407 g/mol. The lowest BCUT2D eigenvalue weighted by Gasteiger charge is -2.36. The number of rotatable bonds is 4. The van der Waals surface area contributed by atoms with Crippen LogP contribution in [-0.4, -0.2) is 45.8 Å². The number of piperidine rings is 1. The van der Waals surface area contributed by atoms with E-state index in [1.54, 1.807) is 17.6 Å². The van der Waals surface area contributed by atoms with Crippen LogP contribution >= 0.6 is 0 Å². The van der Waals surface area contributed by atoms with E-state index < -0.39 is 0 Å². The van der Waals surface area contributed by atoms with E-state index in [1.807, 2.05) is 34.2 Å². The number of aromatic nitrogens is 1. The van der Waals surface area contributed by atoms with Gasteiger partial charge < -0.3 is 14.4 Å². The first-order valence-electron chi connectivity index (χ1n) is 10.8. The molecule has 0 N–H and O–H groups in total. The Bertz CT molecular complexity index is 975. The highest BCUT2D eigenvalue weighted by atomic mass is 16.2. The molecule has 2 aliphatic rings. The summed E-state index contributed by atoms with van der Waals surface area (Å²) in [5, 5.41) is 0. The molecule has 0 bridgehead atoms. The fraction of sp³-hybridized carbons (Fsp3) is 0.458. The van der Waals surface area contributed by atoms with E-state index in [2.05, 4.69) is 12.1 Å². The van der Waals surface area contributed by atoms with Gasteiger partial charge in [-0.25, -0.2) is 0 Å². The number of carbonyl (C=O) groups is 2. The molecule has 30 heavy (non-hydrogen) atoms. The molecular weight excluding hydrogens is 378 g/mol. The largest absolute Gasteiger partial charge is 0.343 e. The highest BCUT2D eigenvalue weighted by Crippen LogP contribution is 2.24. The molecule has 2 aromatic rings. The average molecular weight is 408 g/mol. The van der Waals surface area contributed by atoms with Crippen LogP contribution < -0.4 is 5.56 Å². The second-order valence-corrected chi connectivity index (χ2v) is 8.38. The Morgan fingerprint density at radius 1 is 1.00 bits per heavy atom. The first kappa shape index (κ1) is 20.4. The zero-order valence-electron chi connectivity index (χ0n) is 17.5. The van der Waals surface area contributed by atoms with Gasteiger partial charge in [-0.1, -0.05) is 30.3 Å². The molecule has 3 heterocycles. The molecule has 158 valence electrons. The fourth-order valence-electron chi connectivity index (χ4n) is 4.53. The van der Waals surface area contributed by atoms with Crippen molar-refractivity contribution in [3.63, 3.8) is 0 Å². The molecule has 4 rings (SSSR count). The first-order valence-corrected chi connectivity index (χ1v) is 10.8.